The lowest BCUT2D eigenvalue weighted by Gasteiger charge is -2.34. The third-order valence-corrected chi connectivity index (χ3v) is 6.49. The number of amides is 1. The molecule has 0 radical (unpaired) electrons. The highest BCUT2D eigenvalue weighted by Gasteiger charge is 2.30. The number of rotatable bonds is 4. The minimum Gasteiger partial charge on any atom is -0.494 e. The van der Waals surface area contributed by atoms with Crippen molar-refractivity contribution in [3.8, 4) is 5.75 Å². The van der Waals surface area contributed by atoms with E-state index in [0.717, 1.165) is 6.07 Å². The number of hydrogen-bond acceptors (Lipinski definition) is 4. The molecule has 2 aromatic carbocycles. The van der Waals surface area contributed by atoms with Crippen molar-refractivity contribution in [2.45, 2.75) is 4.90 Å². The van der Waals surface area contributed by atoms with E-state index < -0.39 is 15.8 Å². The van der Waals surface area contributed by atoms with Gasteiger partial charge >= 0.3 is 0 Å². The van der Waals surface area contributed by atoms with Gasteiger partial charge in [-0.1, -0.05) is 17.7 Å². The quantitative estimate of drug-likeness (QED) is 0.774. The molecule has 0 unspecified atom stereocenters. The molecule has 1 aliphatic heterocycles. The molecule has 2 aromatic rings. The highest BCUT2D eigenvalue weighted by Crippen LogP contribution is 2.22. The van der Waals surface area contributed by atoms with Gasteiger partial charge in [-0.3, -0.25) is 4.79 Å². The molecule has 1 saturated heterocycles. The van der Waals surface area contributed by atoms with E-state index in [4.69, 9.17) is 16.3 Å². The third-order valence-electron chi connectivity index (χ3n) is 4.36. The SMILES string of the molecule is COc1ccc(C(=O)N2CCN(S(=O)(=O)c3cccc(Cl)c3)CC2)cc1F. The molecule has 1 fully saturated rings. The van der Waals surface area contributed by atoms with Crippen LogP contribution in [0.25, 0.3) is 0 Å². The van der Waals surface area contributed by atoms with E-state index in [9.17, 15) is 17.6 Å². The fourth-order valence-electron chi connectivity index (χ4n) is 2.89. The maximum Gasteiger partial charge on any atom is 0.254 e. The summed E-state index contributed by atoms with van der Waals surface area (Å²) in [5.41, 5.74) is 0.194. The van der Waals surface area contributed by atoms with Gasteiger partial charge in [0.25, 0.3) is 5.91 Å². The monoisotopic (exact) mass is 412 g/mol. The molecule has 0 saturated carbocycles. The molecule has 0 N–H and O–H groups in total. The van der Waals surface area contributed by atoms with Gasteiger partial charge in [-0.05, 0) is 36.4 Å². The molecule has 27 heavy (non-hydrogen) atoms. The van der Waals surface area contributed by atoms with Gasteiger partial charge in [0.15, 0.2) is 11.6 Å². The molecule has 3 rings (SSSR count). The normalized spacial score (nSPS) is 15.6. The Morgan fingerprint density at radius 2 is 1.81 bits per heavy atom. The summed E-state index contributed by atoms with van der Waals surface area (Å²) in [6.07, 6.45) is 0. The van der Waals surface area contributed by atoms with Gasteiger partial charge in [-0.25, -0.2) is 12.8 Å². The number of methoxy groups -OCH3 is 1. The molecular weight excluding hydrogens is 395 g/mol. The lowest BCUT2D eigenvalue weighted by molar-refractivity contribution is 0.0697. The Labute approximate surface area is 162 Å². The molecule has 9 heteroatoms. The van der Waals surface area contributed by atoms with Crippen molar-refractivity contribution in [3.05, 3.63) is 58.9 Å². The van der Waals surface area contributed by atoms with Crippen LogP contribution in [0.2, 0.25) is 5.02 Å². The molecule has 0 aliphatic carbocycles. The molecule has 0 bridgehead atoms. The van der Waals surface area contributed by atoms with Gasteiger partial charge in [-0.2, -0.15) is 4.31 Å². The summed E-state index contributed by atoms with van der Waals surface area (Å²) in [4.78, 5) is 14.2. The number of nitrogens with zero attached hydrogens (tertiary/aromatic N) is 2. The van der Waals surface area contributed by atoms with Crippen LogP contribution in [0.3, 0.4) is 0 Å². The van der Waals surface area contributed by atoms with Gasteiger partial charge in [0, 0.05) is 36.8 Å². The Balaban J connectivity index is 1.70. The molecule has 0 spiro atoms. The smallest absolute Gasteiger partial charge is 0.254 e. The highest BCUT2D eigenvalue weighted by atomic mass is 35.5. The third kappa shape index (κ3) is 4.07. The van der Waals surface area contributed by atoms with Crippen LogP contribution in [0.5, 0.6) is 5.75 Å². The standard InChI is InChI=1S/C18H18ClFN2O4S/c1-26-17-6-5-13(11-16(17)20)18(23)21-7-9-22(10-8-21)27(24,25)15-4-2-3-14(19)12-15/h2-6,11-12H,7-10H2,1H3. The number of carbonyl (C=O) groups excluding carboxylic acids is 1. The largest absolute Gasteiger partial charge is 0.494 e. The number of ether oxygens (including phenoxy) is 1. The predicted octanol–water partition coefficient (Wildman–Crippen LogP) is 2.63. The van der Waals surface area contributed by atoms with Crippen LogP contribution in [0.1, 0.15) is 10.4 Å². The van der Waals surface area contributed by atoms with Crippen LogP contribution in [0, 0.1) is 5.82 Å². The average molecular weight is 413 g/mol. The van der Waals surface area contributed by atoms with Crippen LogP contribution >= 0.6 is 11.6 Å². The van der Waals surface area contributed by atoms with Gasteiger partial charge in [0.05, 0.1) is 12.0 Å². The number of sulfonamides is 1. The van der Waals surface area contributed by atoms with E-state index in [1.54, 1.807) is 12.1 Å². The summed E-state index contributed by atoms with van der Waals surface area (Å²) < 4.78 is 45.4. The van der Waals surface area contributed by atoms with Gasteiger partial charge in [0.1, 0.15) is 0 Å². The number of hydrogen-bond donors (Lipinski definition) is 0. The first-order valence-electron chi connectivity index (χ1n) is 8.21. The highest BCUT2D eigenvalue weighted by molar-refractivity contribution is 7.89. The average Bonchev–Trinajstić information content (AvgIpc) is 2.67. The first kappa shape index (κ1) is 19.6. The Morgan fingerprint density at radius 1 is 1.11 bits per heavy atom. The molecule has 6 nitrogen and oxygen atoms in total. The van der Waals surface area contributed by atoms with Crippen molar-refractivity contribution < 1.29 is 22.3 Å². The van der Waals surface area contributed by atoms with Crippen molar-refractivity contribution in [3.63, 3.8) is 0 Å². The lowest BCUT2D eigenvalue weighted by Crippen LogP contribution is -2.50. The predicted molar refractivity (Wildman–Crippen MR) is 99.1 cm³/mol. The zero-order valence-corrected chi connectivity index (χ0v) is 16.1. The minimum atomic E-state index is -3.68. The van der Waals surface area contributed by atoms with Crippen molar-refractivity contribution >= 4 is 27.5 Å². The summed E-state index contributed by atoms with van der Waals surface area (Å²) >= 11 is 5.88. The summed E-state index contributed by atoms with van der Waals surface area (Å²) in [5, 5.41) is 0.339. The maximum atomic E-state index is 13.8. The van der Waals surface area contributed by atoms with Crippen molar-refractivity contribution in [1.82, 2.24) is 9.21 Å². The van der Waals surface area contributed by atoms with Crippen LogP contribution in [0.15, 0.2) is 47.4 Å². The molecule has 1 amide bonds. The molecule has 1 aliphatic rings. The Morgan fingerprint density at radius 3 is 2.41 bits per heavy atom. The van der Waals surface area contributed by atoms with Crippen molar-refractivity contribution in [1.29, 1.82) is 0 Å². The van der Waals surface area contributed by atoms with E-state index in [0.29, 0.717) is 5.02 Å². The fraction of sp³-hybridized carbons (Fsp3) is 0.278. The van der Waals surface area contributed by atoms with E-state index >= 15 is 0 Å². The van der Waals surface area contributed by atoms with Gasteiger partial charge < -0.3 is 9.64 Å². The van der Waals surface area contributed by atoms with Crippen LogP contribution in [-0.2, 0) is 10.0 Å². The second-order valence-corrected chi connectivity index (χ2v) is 8.38. The first-order chi connectivity index (χ1) is 12.8. The minimum absolute atomic E-state index is 0.0592. The Bertz CT molecular complexity index is 960. The molecular formula is C18H18ClFN2O4S. The summed E-state index contributed by atoms with van der Waals surface area (Å²) in [7, 11) is -2.33. The number of carbonyl (C=O) groups is 1. The van der Waals surface area contributed by atoms with Crippen LogP contribution in [-0.4, -0.2) is 56.8 Å². The van der Waals surface area contributed by atoms with E-state index in [1.165, 1.54) is 40.6 Å². The van der Waals surface area contributed by atoms with Gasteiger partial charge in [0.2, 0.25) is 10.0 Å². The summed E-state index contributed by atoms with van der Waals surface area (Å²) in [6.45, 7) is 0.733. The van der Waals surface area contributed by atoms with Crippen LogP contribution in [0.4, 0.5) is 4.39 Å². The molecule has 0 aromatic heterocycles. The lowest BCUT2D eigenvalue weighted by atomic mass is 10.1. The Kier molecular flexibility index (Phi) is 5.69. The zero-order valence-electron chi connectivity index (χ0n) is 14.6. The topological polar surface area (TPSA) is 66.9 Å². The van der Waals surface area contributed by atoms with Crippen molar-refractivity contribution in [2.75, 3.05) is 33.3 Å². The van der Waals surface area contributed by atoms with E-state index in [2.05, 4.69) is 0 Å². The molecule has 144 valence electrons. The number of piperazine rings is 1. The van der Waals surface area contributed by atoms with Crippen molar-refractivity contribution in [2.24, 2.45) is 0 Å². The summed E-state index contributed by atoms with van der Waals surface area (Å²) in [5.74, 6) is -0.911. The number of halogens is 2. The maximum absolute atomic E-state index is 13.8. The molecule has 1 heterocycles. The second-order valence-electron chi connectivity index (χ2n) is 6.00. The zero-order chi connectivity index (χ0) is 19.6. The van der Waals surface area contributed by atoms with E-state index in [-0.39, 0.29) is 48.3 Å². The second kappa shape index (κ2) is 7.84. The number of benzene rings is 2. The fourth-order valence-corrected chi connectivity index (χ4v) is 4.61. The van der Waals surface area contributed by atoms with Crippen LogP contribution < -0.4 is 4.74 Å². The first-order valence-corrected chi connectivity index (χ1v) is 10.0. The molecule has 0 atom stereocenters. The van der Waals surface area contributed by atoms with Gasteiger partial charge in [-0.15, -0.1) is 0 Å². The Hall–Kier alpha value is -2.16. The summed E-state index contributed by atoms with van der Waals surface area (Å²) in [6, 6.07) is 10.1. The van der Waals surface area contributed by atoms with E-state index in [1.807, 2.05) is 0 Å².